The molecule has 4 heteroatoms. The molecule has 0 aromatic rings. The number of hydrogen-bond donors (Lipinski definition) is 1. The predicted octanol–water partition coefficient (Wildman–Crippen LogP) is 2.48. The van der Waals surface area contributed by atoms with Crippen LogP contribution >= 0.6 is 12.2 Å². The lowest BCUT2D eigenvalue weighted by molar-refractivity contribution is -0.136. The van der Waals surface area contributed by atoms with E-state index >= 15 is 0 Å². The quantitative estimate of drug-likeness (QED) is 0.797. The van der Waals surface area contributed by atoms with Crippen LogP contribution in [0.25, 0.3) is 0 Å². The molecule has 2 N–H and O–H groups in total. The van der Waals surface area contributed by atoms with E-state index < -0.39 is 5.41 Å². The van der Waals surface area contributed by atoms with Crippen molar-refractivity contribution in [2.24, 2.45) is 17.1 Å². The van der Waals surface area contributed by atoms with Crippen molar-refractivity contribution >= 4 is 23.1 Å². The molecular formula is C14H24N2OS. The van der Waals surface area contributed by atoms with E-state index in [0.29, 0.717) is 11.0 Å². The molecule has 0 saturated heterocycles. The zero-order valence-electron chi connectivity index (χ0n) is 11.4. The highest BCUT2D eigenvalue weighted by molar-refractivity contribution is 7.80. The van der Waals surface area contributed by atoms with Gasteiger partial charge in [0.05, 0.1) is 10.4 Å². The number of nitrogens with zero attached hydrogens (tertiary/aromatic N) is 1. The minimum absolute atomic E-state index is 0.162. The Morgan fingerprint density at radius 3 is 2.28 bits per heavy atom. The highest BCUT2D eigenvalue weighted by atomic mass is 32.1. The number of amides is 1. The molecule has 2 aliphatic carbocycles. The second-order valence-corrected chi connectivity index (χ2v) is 6.39. The molecule has 2 saturated carbocycles. The van der Waals surface area contributed by atoms with Gasteiger partial charge in [0.2, 0.25) is 5.91 Å². The van der Waals surface area contributed by atoms with Gasteiger partial charge in [-0.2, -0.15) is 0 Å². The summed E-state index contributed by atoms with van der Waals surface area (Å²) in [7, 11) is 1.93. The van der Waals surface area contributed by atoms with E-state index in [1.54, 1.807) is 0 Å². The average Bonchev–Trinajstić information content (AvgIpc) is 3.18. The molecule has 102 valence electrons. The van der Waals surface area contributed by atoms with Crippen LogP contribution in [-0.2, 0) is 4.79 Å². The van der Waals surface area contributed by atoms with E-state index in [2.05, 4.69) is 6.92 Å². The summed E-state index contributed by atoms with van der Waals surface area (Å²) < 4.78 is 0. The lowest BCUT2D eigenvalue weighted by Gasteiger charge is -2.36. The van der Waals surface area contributed by atoms with Gasteiger partial charge >= 0.3 is 0 Å². The van der Waals surface area contributed by atoms with E-state index in [1.807, 2.05) is 11.9 Å². The summed E-state index contributed by atoms with van der Waals surface area (Å²) >= 11 is 5.06. The van der Waals surface area contributed by atoms with E-state index in [-0.39, 0.29) is 5.91 Å². The Labute approximate surface area is 115 Å². The maximum Gasteiger partial charge on any atom is 0.235 e. The largest absolute Gasteiger partial charge is 0.392 e. The Morgan fingerprint density at radius 2 is 1.89 bits per heavy atom. The van der Waals surface area contributed by atoms with Crippen LogP contribution < -0.4 is 5.73 Å². The van der Waals surface area contributed by atoms with Crippen LogP contribution in [0, 0.1) is 11.3 Å². The fraction of sp³-hybridized carbons (Fsp3) is 0.857. The van der Waals surface area contributed by atoms with Crippen molar-refractivity contribution in [3.63, 3.8) is 0 Å². The average molecular weight is 268 g/mol. The smallest absolute Gasteiger partial charge is 0.235 e. The van der Waals surface area contributed by atoms with Crippen molar-refractivity contribution in [1.82, 2.24) is 4.90 Å². The summed E-state index contributed by atoms with van der Waals surface area (Å²) in [6.07, 6.45) is 7.72. The maximum atomic E-state index is 12.5. The minimum Gasteiger partial charge on any atom is -0.392 e. The molecule has 0 atom stereocenters. The number of carbonyl (C=O) groups excluding carboxylic acids is 1. The first-order chi connectivity index (χ1) is 8.51. The Bertz CT molecular complexity index is 344. The van der Waals surface area contributed by atoms with E-state index in [4.69, 9.17) is 18.0 Å². The molecule has 0 bridgehead atoms. The van der Waals surface area contributed by atoms with Crippen molar-refractivity contribution in [2.45, 2.75) is 57.9 Å². The van der Waals surface area contributed by atoms with Crippen LogP contribution in [0.2, 0.25) is 0 Å². The van der Waals surface area contributed by atoms with E-state index in [9.17, 15) is 4.79 Å². The van der Waals surface area contributed by atoms with Crippen molar-refractivity contribution in [2.75, 3.05) is 7.05 Å². The lowest BCUT2D eigenvalue weighted by atomic mass is 9.83. The Hall–Kier alpha value is -0.640. The normalized spacial score (nSPS) is 29.7. The summed E-state index contributed by atoms with van der Waals surface area (Å²) in [6.45, 7) is 2.26. The van der Waals surface area contributed by atoms with Gasteiger partial charge in [0.15, 0.2) is 0 Å². The van der Waals surface area contributed by atoms with Gasteiger partial charge < -0.3 is 10.6 Å². The number of rotatable bonds is 4. The van der Waals surface area contributed by atoms with Crippen molar-refractivity contribution in [3.8, 4) is 0 Å². The highest BCUT2D eigenvalue weighted by Gasteiger charge is 2.54. The number of carbonyl (C=O) groups is 1. The van der Waals surface area contributed by atoms with Crippen LogP contribution in [0.15, 0.2) is 0 Å². The van der Waals surface area contributed by atoms with E-state index in [1.165, 1.54) is 19.3 Å². The highest BCUT2D eigenvalue weighted by Crippen LogP contribution is 2.48. The molecule has 2 fully saturated rings. The molecule has 0 radical (unpaired) electrons. The Kier molecular flexibility index (Phi) is 3.95. The third-order valence-electron chi connectivity index (χ3n) is 4.89. The van der Waals surface area contributed by atoms with Gasteiger partial charge in [-0.05, 0) is 44.4 Å². The van der Waals surface area contributed by atoms with Gasteiger partial charge in [-0.25, -0.2) is 0 Å². The van der Waals surface area contributed by atoms with Gasteiger partial charge in [-0.15, -0.1) is 0 Å². The molecule has 3 nitrogen and oxygen atoms in total. The predicted molar refractivity (Wildman–Crippen MR) is 77.3 cm³/mol. The van der Waals surface area contributed by atoms with Gasteiger partial charge in [0.1, 0.15) is 0 Å². The van der Waals surface area contributed by atoms with Crippen LogP contribution in [0.5, 0.6) is 0 Å². The van der Waals surface area contributed by atoms with Crippen molar-refractivity contribution in [1.29, 1.82) is 0 Å². The third-order valence-corrected chi connectivity index (χ3v) is 5.28. The first-order valence-electron chi connectivity index (χ1n) is 7.08. The van der Waals surface area contributed by atoms with Crippen molar-refractivity contribution in [3.05, 3.63) is 0 Å². The molecule has 0 spiro atoms. The topological polar surface area (TPSA) is 46.3 Å². The van der Waals surface area contributed by atoms with Gasteiger partial charge in [-0.3, -0.25) is 4.79 Å². The summed E-state index contributed by atoms with van der Waals surface area (Å²) in [5.41, 5.74) is 5.25. The van der Waals surface area contributed by atoms with Crippen LogP contribution in [0.1, 0.15) is 51.9 Å². The number of thiocarbonyl (C=S) groups is 1. The molecule has 0 unspecified atom stereocenters. The SMILES string of the molecule is CCC1CCC(N(C)C(=O)C2(C(N)=S)CC2)CC1. The van der Waals surface area contributed by atoms with Crippen LogP contribution in [0.3, 0.4) is 0 Å². The molecule has 0 aliphatic heterocycles. The van der Waals surface area contributed by atoms with E-state index in [0.717, 1.165) is 31.6 Å². The second-order valence-electron chi connectivity index (χ2n) is 5.95. The summed E-state index contributed by atoms with van der Waals surface area (Å²) in [4.78, 5) is 14.8. The van der Waals surface area contributed by atoms with Crippen LogP contribution in [0.4, 0.5) is 0 Å². The van der Waals surface area contributed by atoms with Crippen molar-refractivity contribution < 1.29 is 4.79 Å². The molecule has 0 aromatic carbocycles. The molecule has 0 aromatic heterocycles. The monoisotopic (exact) mass is 268 g/mol. The maximum absolute atomic E-state index is 12.5. The zero-order valence-corrected chi connectivity index (χ0v) is 12.3. The summed E-state index contributed by atoms with van der Waals surface area (Å²) in [5, 5.41) is 0. The lowest BCUT2D eigenvalue weighted by Crippen LogP contribution is -2.46. The minimum atomic E-state index is -0.480. The molecule has 1 amide bonds. The van der Waals surface area contributed by atoms with Gasteiger partial charge in [0, 0.05) is 13.1 Å². The fourth-order valence-electron chi connectivity index (χ4n) is 3.13. The standard InChI is InChI=1S/C14H24N2OS/c1-3-10-4-6-11(7-5-10)16(2)13(17)14(8-9-14)12(15)18/h10-11H,3-9H2,1-2H3,(H2,15,18). The molecule has 0 heterocycles. The molecular weight excluding hydrogens is 244 g/mol. The first-order valence-corrected chi connectivity index (χ1v) is 7.49. The molecule has 2 aliphatic rings. The second kappa shape index (κ2) is 5.16. The van der Waals surface area contributed by atoms with Gasteiger partial charge in [-0.1, -0.05) is 25.6 Å². The van der Waals surface area contributed by atoms with Gasteiger partial charge in [0.25, 0.3) is 0 Å². The molecule has 18 heavy (non-hydrogen) atoms. The Balaban J connectivity index is 1.94. The van der Waals surface area contributed by atoms with Crippen LogP contribution in [-0.4, -0.2) is 28.9 Å². The summed E-state index contributed by atoms with van der Waals surface area (Å²) in [5.74, 6) is 1.02. The number of hydrogen-bond acceptors (Lipinski definition) is 2. The number of nitrogens with two attached hydrogens (primary N) is 1. The summed E-state index contributed by atoms with van der Waals surface area (Å²) in [6, 6.07) is 0.395. The first kappa shape index (κ1) is 13.8. The molecule has 2 rings (SSSR count). The zero-order chi connectivity index (χ0) is 13.3. The third kappa shape index (κ3) is 2.40. The fourth-order valence-corrected chi connectivity index (χ4v) is 3.43. The Morgan fingerprint density at radius 1 is 1.33 bits per heavy atom.